The molecule has 0 spiro atoms. The van der Waals surface area contributed by atoms with Gasteiger partial charge in [-0.1, -0.05) is 35.0 Å². The van der Waals surface area contributed by atoms with Gasteiger partial charge in [0.15, 0.2) is 0 Å². The van der Waals surface area contributed by atoms with Crippen molar-refractivity contribution in [3.63, 3.8) is 0 Å². The minimum Gasteiger partial charge on any atom is -0.350 e. The number of nitrogens with zero attached hydrogens (tertiary/aromatic N) is 3. The van der Waals surface area contributed by atoms with Gasteiger partial charge < -0.3 is 9.84 Å². The lowest BCUT2D eigenvalue weighted by atomic mass is 10.1. The Labute approximate surface area is 186 Å². The number of aromatic nitrogens is 3. The van der Waals surface area contributed by atoms with Gasteiger partial charge in [-0.15, -0.1) is 22.7 Å². The van der Waals surface area contributed by atoms with E-state index in [0.29, 0.717) is 42.5 Å². The van der Waals surface area contributed by atoms with Gasteiger partial charge in [-0.2, -0.15) is 4.98 Å². The molecular weight excluding hydrogens is 440 g/mol. The molecule has 0 fully saturated rings. The molecule has 154 valence electrons. The molecule has 0 bridgehead atoms. The Bertz CT molecular complexity index is 1120. The Balaban J connectivity index is 1.24. The van der Waals surface area contributed by atoms with Crippen molar-refractivity contribution in [3.8, 4) is 22.0 Å². The minimum absolute atomic E-state index is 0.0195. The summed E-state index contributed by atoms with van der Waals surface area (Å²) < 4.78 is 5.26. The Hall–Kier alpha value is -2.55. The van der Waals surface area contributed by atoms with Crippen LogP contribution >= 0.6 is 34.3 Å². The van der Waals surface area contributed by atoms with Gasteiger partial charge >= 0.3 is 0 Å². The summed E-state index contributed by atoms with van der Waals surface area (Å²) in [6.45, 7) is 2.45. The number of thiazole rings is 1. The second-order valence-electron chi connectivity index (χ2n) is 6.64. The molecule has 0 atom stereocenters. The molecule has 9 heteroatoms. The van der Waals surface area contributed by atoms with E-state index in [1.165, 1.54) is 0 Å². The first-order chi connectivity index (χ1) is 14.6. The van der Waals surface area contributed by atoms with Crippen LogP contribution in [0.5, 0.6) is 0 Å². The third-order valence-corrected chi connectivity index (χ3v) is 6.49. The quantitative estimate of drug-likeness (QED) is 0.376. The zero-order chi connectivity index (χ0) is 20.9. The Kier molecular flexibility index (Phi) is 6.56. The van der Waals surface area contributed by atoms with Crippen LogP contribution in [-0.2, 0) is 17.8 Å². The fourth-order valence-corrected chi connectivity index (χ4v) is 4.60. The lowest BCUT2D eigenvalue weighted by Gasteiger charge is -2.02. The maximum atomic E-state index is 12.2. The first-order valence-corrected chi connectivity index (χ1v) is 11.5. The number of thiophene rings is 1. The zero-order valence-corrected chi connectivity index (χ0v) is 18.6. The summed E-state index contributed by atoms with van der Waals surface area (Å²) in [6.07, 6.45) is 1.61. The maximum Gasteiger partial charge on any atom is 0.226 e. The van der Waals surface area contributed by atoms with Crippen molar-refractivity contribution in [2.45, 2.75) is 32.7 Å². The number of hydrogen-bond donors (Lipinski definition) is 1. The summed E-state index contributed by atoms with van der Waals surface area (Å²) in [7, 11) is 0. The fourth-order valence-electron chi connectivity index (χ4n) is 2.93. The van der Waals surface area contributed by atoms with Crippen LogP contribution in [0.1, 0.15) is 28.6 Å². The minimum atomic E-state index is -0.0195. The molecule has 1 N–H and O–H groups in total. The van der Waals surface area contributed by atoms with Crippen molar-refractivity contribution in [1.82, 2.24) is 20.4 Å². The second kappa shape index (κ2) is 9.51. The number of carbonyl (C=O) groups excluding carboxylic acids is 1. The molecule has 1 aromatic carbocycles. The number of hydrogen-bond acceptors (Lipinski definition) is 7. The van der Waals surface area contributed by atoms with E-state index in [9.17, 15) is 4.79 Å². The van der Waals surface area contributed by atoms with Crippen molar-refractivity contribution in [3.05, 3.63) is 62.6 Å². The number of rotatable bonds is 8. The average Bonchev–Trinajstić information content (AvgIpc) is 3.48. The Morgan fingerprint density at radius 1 is 1.20 bits per heavy atom. The predicted octanol–water partition coefficient (Wildman–Crippen LogP) is 5.52. The molecule has 0 unspecified atom stereocenters. The summed E-state index contributed by atoms with van der Waals surface area (Å²) in [5, 5.41) is 10.5. The van der Waals surface area contributed by atoms with Crippen LogP contribution in [0.2, 0.25) is 5.02 Å². The molecule has 3 heterocycles. The van der Waals surface area contributed by atoms with Crippen molar-refractivity contribution in [1.29, 1.82) is 0 Å². The average molecular weight is 459 g/mol. The second-order valence-corrected chi connectivity index (χ2v) is 9.31. The highest BCUT2D eigenvalue weighted by atomic mass is 35.5. The normalized spacial score (nSPS) is 11.0. The molecule has 0 aliphatic heterocycles. The molecule has 0 saturated carbocycles. The van der Waals surface area contributed by atoms with Gasteiger partial charge in [0.2, 0.25) is 17.6 Å². The van der Waals surface area contributed by atoms with Crippen molar-refractivity contribution in [2.75, 3.05) is 0 Å². The van der Waals surface area contributed by atoms with Crippen molar-refractivity contribution in [2.24, 2.45) is 0 Å². The number of halogens is 1. The molecule has 0 aliphatic carbocycles. The zero-order valence-electron chi connectivity index (χ0n) is 16.2. The summed E-state index contributed by atoms with van der Waals surface area (Å²) in [6, 6.07) is 11.5. The van der Waals surface area contributed by atoms with Crippen LogP contribution < -0.4 is 5.32 Å². The highest BCUT2D eigenvalue weighted by Gasteiger charge is 2.12. The van der Waals surface area contributed by atoms with Crippen LogP contribution in [-0.4, -0.2) is 21.0 Å². The standard InChI is InChI=1S/C21H19ClN4O2S2/c1-13-20(14-7-9-15(22)10-8-14)25-19(30-13)12-23-17(27)5-2-6-18-24-21(26-28-18)16-4-3-11-29-16/h3-4,7-11H,2,5-6,12H2,1H3,(H,23,27). The third-order valence-electron chi connectivity index (χ3n) is 4.40. The SMILES string of the molecule is Cc1sc(CNC(=O)CCCc2nc(-c3cccs3)no2)nc1-c1ccc(Cl)cc1. The molecule has 0 radical (unpaired) electrons. The van der Waals surface area contributed by atoms with E-state index in [0.717, 1.165) is 26.0 Å². The van der Waals surface area contributed by atoms with Crippen LogP contribution in [0.3, 0.4) is 0 Å². The van der Waals surface area contributed by atoms with Gasteiger partial charge in [-0.3, -0.25) is 4.79 Å². The summed E-state index contributed by atoms with van der Waals surface area (Å²) >= 11 is 9.11. The van der Waals surface area contributed by atoms with Gasteiger partial charge in [0, 0.05) is 28.3 Å². The topological polar surface area (TPSA) is 80.9 Å². The summed E-state index contributed by atoms with van der Waals surface area (Å²) in [5.74, 6) is 1.13. The molecule has 4 rings (SSSR count). The Morgan fingerprint density at radius 2 is 2.03 bits per heavy atom. The predicted molar refractivity (Wildman–Crippen MR) is 120 cm³/mol. The number of amides is 1. The van der Waals surface area contributed by atoms with E-state index >= 15 is 0 Å². The smallest absolute Gasteiger partial charge is 0.226 e. The van der Waals surface area contributed by atoms with Gasteiger partial charge in [0.25, 0.3) is 0 Å². The van der Waals surface area contributed by atoms with E-state index in [1.807, 2.05) is 48.7 Å². The summed E-state index contributed by atoms with van der Waals surface area (Å²) in [5.41, 5.74) is 1.95. The molecular formula is C21H19ClN4O2S2. The number of benzene rings is 1. The van der Waals surface area contributed by atoms with E-state index in [1.54, 1.807) is 22.7 Å². The number of carbonyl (C=O) groups is 1. The van der Waals surface area contributed by atoms with Gasteiger partial charge in [0.1, 0.15) is 5.01 Å². The van der Waals surface area contributed by atoms with E-state index in [2.05, 4.69) is 20.4 Å². The van der Waals surface area contributed by atoms with E-state index < -0.39 is 0 Å². The fraction of sp³-hybridized carbons (Fsp3) is 0.238. The molecule has 6 nitrogen and oxygen atoms in total. The number of aryl methyl sites for hydroxylation is 2. The van der Waals surface area contributed by atoms with Crippen LogP contribution in [0, 0.1) is 6.92 Å². The highest BCUT2D eigenvalue weighted by Crippen LogP contribution is 2.28. The third kappa shape index (κ3) is 5.13. The Morgan fingerprint density at radius 3 is 2.80 bits per heavy atom. The molecule has 0 aliphatic rings. The van der Waals surface area contributed by atoms with Crippen molar-refractivity contribution >= 4 is 40.2 Å². The lowest BCUT2D eigenvalue weighted by Crippen LogP contribution is -2.22. The van der Waals surface area contributed by atoms with E-state index in [-0.39, 0.29) is 5.91 Å². The number of nitrogens with one attached hydrogen (secondary N) is 1. The van der Waals surface area contributed by atoms with Gasteiger partial charge in [-0.25, -0.2) is 4.98 Å². The monoisotopic (exact) mass is 458 g/mol. The maximum absolute atomic E-state index is 12.2. The molecule has 3 aromatic heterocycles. The largest absolute Gasteiger partial charge is 0.350 e. The lowest BCUT2D eigenvalue weighted by molar-refractivity contribution is -0.121. The van der Waals surface area contributed by atoms with Crippen LogP contribution in [0.15, 0.2) is 46.3 Å². The van der Waals surface area contributed by atoms with Crippen LogP contribution in [0.25, 0.3) is 22.0 Å². The molecule has 0 saturated heterocycles. The van der Waals surface area contributed by atoms with Crippen molar-refractivity contribution < 1.29 is 9.32 Å². The van der Waals surface area contributed by atoms with E-state index in [4.69, 9.17) is 16.1 Å². The molecule has 4 aromatic rings. The first kappa shape index (κ1) is 20.7. The van der Waals surface area contributed by atoms with Gasteiger partial charge in [0.05, 0.1) is 17.1 Å². The van der Waals surface area contributed by atoms with Crippen LogP contribution in [0.4, 0.5) is 0 Å². The summed E-state index contributed by atoms with van der Waals surface area (Å²) in [4.78, 5) is 23.3. The molecule has 30 heavy (non-hydrogen) atoms. The van der Waals surface area contributed by atoms with Gasteiger partial charge in [-0.05, 0) is 36.9 Å². The first-order valence-electron chi connectivity index (χ1n) is 9.44. The highest BCUT2D eigenvalue weighted by molar-refractivity contribution is 7.13. The molecule has 1 amide bonds.